The summed E-state index contributed by atoms with van der Waals surface area (Å²) in [7, 11) is 0. The zero-order valence-corrected chi connectivity index (χ0v) is 15.7. The first-order chi connectivity index (χ1) is 11.5. The van der Waals surface area contributed by atoms with Crippen molar-refractivity contribution in [2.45, 2.75) is 26.5 Å². The third-order valence-electron chi connectivity index (χ3n) is 3.39. The minimum atomic E-state index is -0.702. The summed E-state index contributed by atoms with van der Waals surface area (Å²) in [4.78, 5) is 24.0. The highest BCUT2D eigenvalue weighted by Crippen LogP contribution is 2.17. The van der Waals surface area contributed by atoms with Gasteiger partial charge in [0.05, 0.1) is 0 Å². The van der Waals surface area contributed by atoms with Gasteiger partial charge in [0, 0.05) is 9.26 Å². The van der Waals surface area contributed by atoms with E-state index in [4.69, 9.17) is 4.74 Å². The molecule has 2 rings (SSSR count). The molecule has 0 bridgehead atoms. The second-order valence-corrected chi connectivity index (χ2v) is 6.62. The van der Waals surface area contributed by atoms with Gasteiger partial charge < -0.3 is 15.4 Å². The molecule has 2 N–H and O–H groups in total. The minimum absolute atomic E-state index is 0.164. The van der Waals surface area contributed by atoms with Gasteiger partial charge in [-0.3, -0.25) is 4.79 Å². The van der Waals surface area contributed by atoms with E-state index < -0.39 is 12.1 Å². The van der Waals surface area contributed by atoms with Gasteiger partial charge in [0.2, 0.25) is 5.91 Å². The summed E-state index contributed by atoms with van der Waals surface area (Å²) in [6, 6.07) is 14.4. The molecule has 0 heterocycles. The van der Waals surface area contributed by atoms with Crippen LogP contribution in [0.25, 0.3) is 0 Å². The van der Waals surface area contributed by atoms with E-state index >= 15 is 0 Å². The largest absolute Gasteiger partial charge is 0.445 e. The molecule has 126 valence electrons. The number of amides is 2. The lowest BCUT2D eigenvalue weighted by molar-refractivity contribution is -0.117. The molecule has 0 fully saturated rings. The van der Waals surface area contributed by atoms with Crippen LogP contribution in [0, 0.1) is 10.5 Å². The molecular weight excluding hydrogens is 419 g/mol. The summed E-state index contributed by atoms with van der Waals surface area (Å²) in [5.41, 5.74) is 2.58. The van der Waals surface area contributed by atoms with Crippen LogP contribution in [-0.2, 0) is 16.1 Å². The summed E-state index contributed by atoms with van der Waals surface area (Å²) in [5, 5.41) is 5.33. The van der Waals surface area contributed by atoms with Crippen molar-refractivity contribution < 1.29 is 14.3 Å². The Balaban J connectivity index is 1.83. The van der Waals surface area contributed by atoms with Gasteiger partial charge in [0.15, 0.2) is 0 Å². The van der Waals surface area contributed by atoms with Gasteiger partial charge in [-0.25, -0.2) is 4.79 Å². The number of carbonyl (C=O) groups excluding carboxylic acids is 2. The fourth-order valence-corrected chi connectivity index (χ4v) is 2.66. The van der Waals surface area contributed by atoms with Crippen LogP contribution in [-0.4, -0.2) is 18.0 Å². The summed E-state index contributed by atoms with van der Waals surface area (Å²) < 4.78 is 6.20. The highest BCUT2D eigenvalue weighted by molar-refractivity contribution is 14.1. The van der Waals surface area contributed by atoms with Crippen LogP contribution in [0.5, 0.6) is 0 Å². The van der Waals surface area contributed by atoms with Gasteiger partial charge in [-0.15, -0.1) is 0 Å². The Morgan fingerprint density at radius 1 is 1.17 bits per heavy atom. The number of benzene rings is 2. The Morgan fingerprint density at radius 2 is 1.88 bits per heavy atom. The number of ether oxygens (including phenoxy) is 1. The number of carbonyl (C=O) groups is 2. The molecule has 0 saturated heterocycles. The van der Waals surface area contributed by atoms with E-state index in [0.717, 1.165) is 20.4 Å². The molecule has 6 heteroatoms. The summed E-state index contributed by atoms with van der Waals surface area (Å²) in [6.07, 6.45) is -0.624. The summed E-state index contributed by atoms with van der Waals surface area (Å²) in [6.45, 7) is 3.70. The van der Waals surface area contributed by atoms with Crippen molar-refractivity contribution in [2.24, 2.45) is 0 Å². The average Bonchev–Trinajstić information content (AvgIpc) is 2.56. The quantitative estimate of drug-likeness (QED) is 0.697. The molecule has 0 aromatic heterocycles. The Bertz CT molecular complexity index is 719. The number of hydrogen-bond donors (Lipinski definition) is 2. The molecule has 5 nitrogen and oxygen atoms in total. The van der Waals surface area contributed by atoms with Gasteiger partial charge in [0.1, 0.15) is 12.6 Å². The van der Waals surface area contributed by atoms with Crippen LogP contribution in [0.4, 0.5) is 10.5 Å². The molecule has 0 aliphatic heterocycles. The molecule has 0 spiro atoms. The first-order valence-corrected chi connectivity index (χ1v) is 8.58. The van der Waals surface area contributed by atoms with Crippen LogP contribution in [0.15, 0.2) is 48.5 Å². The van der Waals surface area contributed by atoms with Crippen molar-refractivity contribution in [1.82, 2.24) is 5.32 Å². The third-order valence-corrected chi connectivity index (χ3v) is 4.06. The Morgan fingerprint density at radius 3 is 2.54 bits per heavy atom. The minimum Gasteiger partial charge on any atom is -0.445 e. The van der Waals surface area contributed by atoms with Crippen molar-refractivity contribution in [3.05, 3.63) is 63.2 Å². The van der Waals surface area contributed by atoms with Crippen LogP contribution in [0.2, 0.25) is 0 Å². The summed E-state index contributed by atoms with van der Waals surface area (Å²) >= 11 is 2.21. The maximum absolute atomic E-state index is 12.2. The Labute approximate surface area is 154 Å². The van der Waals surface area contributed by atoms with Crippen LogP contribution in [0.3, 0.4) is 0 Å². The van der Waals surface area contributed by atoms with Crippen molar-refractivity contribution in [3.8, 4) is 0 Å². The molecule has 0 aliphatic rings. The van der Waals surface area contributed by atoms with E-state index in [9.17, 15) is 9.59 Å². The number of hydrogen-bond acceptors (Lipinski definition) is 3. The van der Waals surface area contributed by atoms with Gasteiger partial charge in [-0.05, 0) is 65.8 Å². The zero-order valence-electron chi connectivity index (χ0n) is 13.5. The summed E-state index contributed by atoms with van der Waals surface area (Å²) in [5.74, 6) is -0.295. The van der Waals surface area contributed by atoms with E-state index in [1.807, 2.05) is 55.5 Å². The van der Waals surface area contributed by atoms with Crippen LogP contribution < -0.4 is 10.6 Å². The van der Waals surface area contributed by atoms with E-state index in [2.05, 4.69) is 33.2 Å². The fraction of sp³-hybridized carbons (Fsp3) is 0.222. The molecule has 2 amide bonds. The van der Waals surface area contributed by atoms with Gasteiger partial charge >= 0.3 is 6.09 Å². The molecule has 2 aromatic carbocycles. The molecule has 0 radical (unpaired) electrons. The van der Waals surface area contributed by atoms with E-state index in [0.29, 0.717) is 0 Å². The zero-order chi connectivity index (χ0) is 17.5. The average molecular weight is 438 g/mol. The van der Waals surface area contributed by atoms with E-state index in [1.165, 1.54) is 0 Å². The van der Waals surface area contributed by atoms with Crippen LogP contribution >= 0.6 is 22.6 Å². The lowest BCUT2D eigenvalue weighted by atomic mass is 10.2. The molecule has 24 heavy (non-hydrogen) atoms. The first-order valence-electron chi connectivity index (χ1n) is 7.50. The number of anilines is 1. The highest BCUT2D eigenvalue weighted by atomic mass is 127. The third kappa shape index (κ3) is 5.52. The molecule has 0 saturated carbocycles. The maximum atomic E-state index is 12.2. The number of aryl methyl sites for hydroxylation is 1. The SMILES string of the molecule is Cc1cc(I)ccc1NC(=O)[C@@H](C)NC(=O)OCc1ccccc1. The second kappa shape index (κ2) is 8.68. The van der Waals surface area contributed by atoms with Crippen LogP contribution in [0.1, 0.15) is 18.1 Å². The van der Waals surface area contributed by atoms with E-state index in [-0.39, 0.29) is 12.5 Å². The van der Waals surface area contributed by atoms with Gasteiger partial charge in [-0.2, -0.15) is 0 Å². The van der Waals surface area contributed by atoms with Crippen molar-refractivity contribution in [1.29, 1.82) is 0 Å². The maximum Gasteiger partial charge on any atom is 0.408 e. The lowest BCUT2D eigenvalue weighted by Gasteiger charge is -2.15. The predicted octanol–water partition coefficient (Wildman–Crippen LogP) is 3.85. The lowest BCUT2D eigenvalue weighted by Crippen LogP contribution is -2.41. The van der Waals surface area contributed by atoms with Gasteiger partial charge in [-0.1, -0.05) is 30.3 Å². The monoisotopic (exact) mass is 438 g/mol. The van der Waals surface area contributed by atoms with E-state index in [1.54, 1.807) is 6.92 Å². The second-order valence-electron chi connectivity index (χ2n) is 5.38. The van der Waals surface area contributed by atoms with Crippen molar-refractivity contribution >= 4 is 40.3 Å². The molecule has 1 atom stereocenters. The molecule has 0 unspecified atom stereocenters. The number of alkyl carbamates (subject to hydrolysis) is 1. The smallest absolute Gasteiger partial charge is 0.408 e. The highest BCUT2D eigenvalue weighted by Gasteiger charge is 2.17. The normalized spacial score (nSPS) is 11.5. The number of rotatable bonds is 5. The van der Waals surface area contributed by atoms with Crippen molar-refractivity contribution in [3.63, 3.8) is 0 Å². The fourth-order valence-electron chi connectivity index (χ4n) is 2.02. The topological polar surface area (TPSA) is 67.4 Å². The first kappa shape index (κ1) is 18.3. The molecule has 0 aliphatic carbocycles. The standard InChI is InChI=1S/C18H19IN2O3/c1-12-10-15(19)8-9-16(12)21-17(22)13(2)20-18(23)24-11-14-6-4-3-5-7-14/h3-10,13H,11H2,1-2H3,(H,20,23)(H,21,22)/t13-/m1/s1. The molecular formula is C18H19IN2O3. The van der Waals surface area contributed by atoms with Crippen molar-refractivity contribution in [2.75, 3.05) is 5.32 Å². The molecule has 2 aromatic rings. The van der Waals surface area contributed by atoms with Gasteiger partial charge in [0.25, 0.3) is 0 Å². The Kier molecular flexibility index (Phi) is 6.60. The predicted molar refractivity (Wildman–Crippen MR) is 102 cm³/mol. The number of nitrogens with one attached hydrogen (secondary N) is 2. The number of halogens is 1. The Hall–Kier alpha value is -2.09.